The maximum atomic E-state index is 12.6. The molecule has 10 heteroatoms. The van der Waals surface area contributed by atoms with Crippen molar-refractivity contribution in [2.45, 2.75) is 13.0 Å². The van der Waals surface area contributed by atoms with E-state index in [4.69, 9.17) is 9.47 Å². The number of rotatable bonds is 7. The molecule has 152 valence electrons. The number of esters is 1. The summed E-state index contributed by atoms with van der Waals surface area (Å²) >= 11 is 0. The summed E-state index contributed by atoms with van der Waals surface area (Å²) in [6.45, 7) is 1.97. The van der Waals surface area contributed by atoms with Gasteiger partial charge in [0.2, 0.25) is 6.10 Å². The second kappa shape index (κ2) is 9.83. The van der Waals surface area contributed by atoms with Gasteiger partial charge in [-0.15, -0.1) is 0 Å². The molecule has 0 spiro atoms. The number of carbonyl (C=O) groups excluding carboxylic acids is 3. The minimum atomic E-state index is -1.44. The van der Waals surface area contributed by atoms with Gasteiger partial charge in [0, 0.05) is 18.2 Å². The van der Waals surface area contributed by atoms with E-state index in [2.05, 4.69) is 10.6 Å². The summed E-state index contributed by atoms with van der Waals surface area (Å²) in [5.74, 6) is -1.87. The predicted octanol–water partition coefficient (Wildman–Crippen LogP) is 2.35. The zero-order chi connectivity index (χ0) is 21.4. The molecule has 2 rings (SSSR count). The van der Waals surface area contributed by atoms with Gasteiger partial charge in [0.15, 0.2) is 5.75 Å². The zero-order valence-electron chi connectivity index (χ0n) is 15.7. The number of nitro groups is 1. The van der Waals surface area contributed by atoms with E-state index < -0.39 is 34.6 Å². The van der Waals surface area contributed by atoms with E-state index in [0.717, 1.165) is 6.07 Å². The number of ether oxygens (including phenoxy) is 2. The van der Waals surface area contributed by atoms with Crippen molar-refractivity contribution >= 4 is 23.6 Å². The van der Waals surface area contributed by atoms with Crippen molar-refractivity contribution in [3.8, 4) is 5.75 Å². The number of nitrogens with zero attached hydrogens (tertiary/aromatic N) is 1. The molecule has 2 aromatic carbocycles. The highest BCUT2D eigenvalue weighted by molar-refractivity contribution is 5.99. The molecule has 3 amide bonds. The Bertz CT molecular complexity index is 915. The molecule has 0 aliphatic heterocycles. The zero-order valence-corrected chi connectivity index (χ0v) is 15.7. The molecular formula is C19H19N3O7. The minimum Gasteiger partial charge on any atom is -0.490 e. The monoisotopic (exact) mass is 401 g/mol. The van der Waals surface area contributed by atoms with Crippen molar-refractivity contribution in [1.29, 1.82) is 0 Å². The molecular weight excluding hydrogens is 382 g/mol. The lowest BCUT2D eigenvalue weighted by atomic mass is 10.1. The molecule has 0 saturated heterocycles. The van der Waals surface area contributed by atoms with Gasteiger partial charge in [-0.3, -0.25) is 20.2 Å². The van der Waals surface area contributed by atoms with Crippen LogP contribution in [0.25, 0.3) is 0 Å². The van der Waals surface area contributed by atoms with E-state index >= 15 is 0 Å². The Kier molecular flexibility index (Phi) is 7.24. The lowest BCUT2D eigenvalue weighted by Gasteiger charge is -2.18. The van der Waals surface area contributed by atoms with Gasteiger partial charge >= 0.3 is 17.7 Å². The van der Waals surface area contributed by atoms with Gasteiger partial charge in [-0.05, 0) is 19.1 Å². The molecule has 0 aromatic heterocycles. The highest BCUT2D eigenvalue weighted by Crippen LogP contribution is 2.28. The first-order valence-corrected chi connectivity index (χ1v) is 8.54. The Balaban J connectivity index is 2.30. The third kappa shape index (κ3) is 5.51. The Morgan fingerprint density at radius 3 is 2.41 bits per heavy atom. The average molecular weight is 401 g/mol. The van der Waals surface area contributed by atoms with Crippen LogP contribution in [0.15, 0.2) is 48.5 Å². The first-order valence-electron chi connectivity index (χ1n) is 8.54. The molecule has 0 aliphatic rings. The summed E-state index contributed by atoms with van der Waals surface area (Å²) in [5.41, 5.74) is -0.250. The molecule has 0 bridgehead atoms. The number of nitro benzene ring substituents is 1. The molecule has 2 N–H and O–H groups in total. The first kappa shape index (κ1) is 21.4. The van der Waals surface area contributed by atoms with E-state index in [1.54, 1.807) is 37.3 Å². The molecule has 0 fully saturated rings. The molecule has 1 atom stereocenters. The second-order valence-electron chi connectivity index (χ2n) is 5.69. The fourth-order valence-corrected chi connectivity index (χ4v) is 2.42. The van der Waals surface area contributed by atoms with Crippen molar-refractivity contribution < 1.29 is 28.8 Å². The highest BCUT2D eigenvalue weighted by Gasteiger charge is 2.28. The second-order valence-corrected chi connectivity index (χ2v) is 5.69. The number of hydrogen-bond donors (Lipinski definition) is 2. The number of nitrogens with one attached hydrogen (secondary N) is 2. The van der Waals surface area contributed by atoms with Crippen LogP contribution >= 0.6 is 0 Å². The van der Waals surface area contributed by atoms with Crippen LogP contribution in [0.5, 0.6) is 5.75 Å². The van der Waals surface area contributed by atoms with Crippen LogP contribution in [-0.4, -0.2) is 36.5 Å². The summed E-state index contributed by atoms with van der Waals surface area (Å²) in [7, 11) is 1.26. The maximum Gasteiger partial charge on any atom is 0.339 e. The Morgan fingerprint density at radius 1 is 1.14 bits per heavy atom. The lowest BCUT2D eigenvalue weighted by Crippen LogP contribution is -2.42. The van der Waals surface area contributed by atoms with Crippen molar-refractivity contribution in [3.63, 3.8) is 0 Å². The van der Waals surface area contributed by atoms with E-state index in [0.29, 0.717) is 12.1 Å². The van der Waals surface area contributed by atoms with Crippen LogP contribution in [-0.2, 0) is 9.53 Å². The SMILES string of the molecule is CCNC(=O)NC(=O)[C@@H](OC(=O)c1ccc(OC)c([N+](=O)[O-])c1)c1ccccc1. The van der Waals surface area contributed by atoms with Crippen LogP contribution in [0.1, 0.15) is 28.9 Å². The Labute approximate surface area is 166 Å². The van der Waals surface area contributed by atoms with Gasteiger partial charge in [0.25, 0.3) is 5.91 Å². The van der Waals surface area contributed by atoms with Gasteiger partial charge in [0.05, 0.1) is 17.6 Å². The van der Waals surface area contributed by atoms with Crippen molar-refractivity contribution in [1.82, 2.24) is 10.6 Å². The van der Waals surface area contributed by atoms with Crippen molar-refractivity contribution in [2.75, 3.05) is 13.7 Å². The van der Waals surface area contributed by atoms with Gasteiger partial charge in [0.1, 0.15) is 0 Å². The predicted molar refractivity (Wildman–Crippen MR) is 101 cm³/mol. The first-order chi connectivity index (χ1) is 13.9. The quantitative estimate of drug-likeness (QED) is 0.413. The Morgan fingerprint density at radius 2 is 1.83 bits per heavy atom. The molecule has 2 aromatic rings. The van der Waals surface area contributed by atoms with E-state index in [1.807, 2.05) is 0 Å². The van der Waals surface area contributed by atoms with Crippen LogP contribution in [0, 0.1) is 10.1 Å². The van der Waals surface area contributed by atoms with Gasteiger partial charge in [-0.25, -0.2) is 9.59 Å². The van der Waals surface area contributed by atoms with Gasteiger partial charge in [-0.2, -0.15) is 0 Å². The van der Waals surface area contributed by atoms with Crippen molar-refractivity contribution in [2.24, 2.45) is 0 Å². The molecule has 29 heavy (non-hydrogen) atoms. The van der Waals surface area contributed by atoms with Crippen LogP contribution in [0.4, 0.5) is 10.5 Å². The third-order valence-electron chi connectivity index (χ3n) is 3.75. The van der Waals surface area contributed by atoms with Crippen molar-refractivity contribution in [3.05, 3.63) is 69.8 Å². The highest BCUT2D eigenvalue weighted by atomic mass is 16.6. The molecule has 10 nitrogen and oxygen atoms in total. The number of amides is 3. The normalized spacial score (nSPS) is 11.1. The third-order valence-corrected chi connectivity index (χ3v) is 3.75. The lowest BCUT2D eigenvalue weighted by molar-refractivity contribution is -0.385. The number of hydrogen-bond acceptors (Lipinski definition) is 7. The minimum absolute atomic E-state index is 0.0276. The largest absolute Gasteiger partial charge is 0.490 e. The smallest absolute Gasteiger partial charge is 0.339 e. The number of carbonyl (C=O) groups is 3. The number of benzene rings is 2. The number of methoxy groups -OCH3 is 1. The summed E-state index contributed by atoms with van der Waals surface area (Å²) in [6, 6.07) is 10.8. The fraction of sp³-hybridized carbons (Fsp3) is 0.211. The van der Waals surface area contributed by atoms with E-state index in [9.17, 15) is 24.5 Å². The average Bonchev–Trinajstić information content (AvgIpc) is 2.71. The number of urea groups is 1. The molecule has 0 aliphatic carbocycles. The standard InChI is InChI=1S/C19H19N3O7/c1-3-20-19(25)21-17(23)16(12-7-5-4-6-8-12)29-18(24)13-9-10-15(28-2)14(11-13)22(26)27/h4-11,16H,3H2,1-2H3,(H2,20,21,23,25)/t16-/m0/s1. The van der Waals surface area contributed by atoms with Gasteiger partial charge in [-0.1, -0.05) is 30.3 Å². The summed E-state index contributed by atoms with van der Waals surface area (Å²) in [5, 5.41) is 15.6. The van der Waals surface area contributed by atoms with Crippen LogP contribution in [0.2, 0.25) is 0 Å². The topological polar surface area (TPSA) is 137 Å². The van der Waals surface area contributed by atoms with Gasteiger partial charge < -0.3 is 14.8 Å². The molecule has 0 radical (unpaired) electrons. The van der Waals surface area contributed by atoms with Crippen LogP contribution in [0.3, 0.4) is 0 Å². The van der Waals surface area contributed by atoms with E-state index in [-0.39, 0.29) is 11.3 Å². The van der Waals surface area contributed by atoms with Crippen LogP contribution < -0.4 is 15.4 Å². The Hall–Kier alpha value is -3.95. The number of imide groups is 1. The molecule has 0 heterocycles. The van der Waals surface area contributed by atoms with E-state index in [1.165, 1.54) is 19.2 Å². The fourth-order valence-electron chi connectivity index (χ4n) is 2.42. The maximum absolute atomic E-state index is 12.6. The summed E-state index contributed by atoms with van der Waals surface area (Å²) < 4.78 is 10.2. The summed E-state index contributed by atoms with van der Waals surface area (Å²) in [6.07, 6.45) is -1.44. The molecule has 0 unspecified atom stereocenters. The summed E-state index contributed by atoms with van der Waals surface area (Å²) in [4.78, 5) is 47.2. The molecule has 0 saturated carbocycles.